The zero-order valence-corrected chi connectivity index (χ0v) is 9.49. The van der Waals surface area contributed by atoms with Crippen LogP contribution >= 0.6 is 0 Å². The fourth-order valence-electron chi connectivity index (χ4n) is 1.49. The first kappa shape index (κ1) is 12.3. The lowest BCUT2D eigenvalue weighted by atomic mass is 9.91. The molecule has 1 saturated heterocycles. The molecule has 0 unspecified atom stereocenters. The highest BCUT2D eigenvalue weighted by Crippen LogP contribution is 2.25. The van der Waals surface area contributed by atoms with Gasteiger partial charge < -0.3 is 19.8 Å². The maximum absolute atomic E-state index is 11.5. The van der Waals surface area contributed by atoms with Crippen LogP contribution in [0.25, 0.3) is 0 Å². The van der Waals surface area contributed by atoms with Crippen molar-refractivity contribution < 1.29 is 19.7 Å². The molecule has 1 aliphatic heterocycles. The summed E-state index contributed by atoms with van der Waals surface area (Å²) in [4.78, 5) is 12.9. The van der Waals surface area contributed by atoms with Gasteiger partial charge in [-0.25, -0.2) is 4.79 Å². The second-order valence-electron chi connectivity index (χ2n) is 5.03. The van der Waals surface area contributed by atoms with Crippen LogP contribution < -0.4 is 0 Å². The number of carbonyl (C=O) groups is 1. The maximum atomic E-state index is 11.5. The minimum absolute atomic E-state index is 0.0708. The van der Waals surface area contributed by atoms with Gasteiger partial charge in [-0.3, -0.25) is 0 Å². The van der Waals surface area contributed by atoms with Gasteiger partial charge in [0.25, 0.3) is 0 Å². The van der Waals surface area contributed by atoms with Crippen LogP contribution in [0.2, 0.25) is 0 Å². The normalized spacial score (nSPS) is 19.7. The molecule has 0 aromatic heterocycles. The van der Waals surface area contributed by atoms with Gasteiger partial charge in [-0.15, -0.1) is 0 Å². The van der Waals surface area contributed by atoms with Gasteiger partial charge in [0, 0.05) is 13.0 Å². The second kappa shape index (κ2) is 3.98. The van der Waals surface area contributed by atoms with Gasteiger partial charge in [-0.1, -0.05) is 0 Å². The molecule has 5 nitrogen and oxygen atoms in total. The Bertz CT molecular complexity index is 240. The van der Waals surface area contributed by atoms with E-state index >= 15 is 0 Å². The van der Waals surface area contributed by atoms with Crippen molar-refractivity contribution in [2.24, 2.45) is 0 Å². The van der Waals surface area contributed by atoms with Crippen molar-refractivity contribution in [2.45, 2.75) is 38.4 Å². The van der Waals surface area contributed by atoms with Crippen molar-refractivity contribution in [3.05, 3.63) is 0 Å². The highest BCUT2D eigenvalue weighted by Gasteiger charge is 2.44. The number of hydrogen-bond acceptors (Lipinski definition) is 4. The van der Waals surface area contributed by atoms with Crippen LogP contribution in [-0.2, 0) is 4.74 Å². The number of nitrogens with zero attached hydrogens (tertiary/aromatic N) is 1. The van der Waals surface area contributed by atoms with E-state index in [1.807, 2.05) is 0 Å². The summed E-state index contributed by atoms with van der Waals surface area (Å²) in [6.07, 6.45) is -0.114. The average molecular weight is 217 g/mol. The van der Waals surface area contributed by atoms with Gasteiger partial charge in [-0.2, -0.15) is 0 Å². The molecule has 1 fully saturated rings. The summed E-state index contributed by atoms with van der Waals surface area (Å²) < 4.78 is 5.13. The lowest BCUT2D eigenvalue weighted by Gasteiger charge is -2.46. The zero-order valence-electron chi connectivity index (χ0n) is 9.49. The molecule has 1 aliphatic rings. The van der Waals surface area contributed by atoms with Crippen molar-refractivity contribution in [2.75, 3.05) is 19.7 Å². The minimum atomic E-state index is -0.925. The molecule has 2 N–H and O–H groups in total. The maximum Gasteiger partial charge on any atom is 0.410 e. The number of aliphatic hydroxyl groups is 2. The van der Waals surface area contributed by atoms with Gasteiger partial charge in [0.1, 0.15) is 11.2 Å². The molecule has 1 rings (SSSR count). The zero-order chi connectivity index (χ0) is 11.7. The van der Waals surface area contributed by atoms with E-state index in [9.17, 15) is 9.90 Å². The number of likely N-dealkylation sites (tertiary alicyclic amines) is 1. The molecule has 0 radical (unpaired) electrons. The van der Waals surface area contributed by atoms with E-state index in [2.05, 4.69) is 0 Å². The molecule has 0 saturated carbocycles. The summed E-state index contributed by atoms with van der Waals surface area (Å²) in [5, 5.41) is 18.4. The number of ether oxygens (including phenoxy) is 1. The Hall–Kier alpha value is -0.810. The highest BCUT2D eigenvalue weighted by atomic mass is 16.6. The summed E-state index contributed by atoms with van der Waals surface area (Å²) in [6, 6.07) is 0. The molecule has 5 heteroatoms. The number of carbonyl (C=O) groups excluding carboxylic acids is 1. The molecule has 88 valence electrons. The van der Waals surface area contributed by atoms with Crippen LogP contribution in [0.1, 0.15) is 27.2 Å². The molecular formula is C10H19NO4. The molecule has 15 heavy (non-hydrogen) atoms. The number of aliphatic hydroxyl groups excluding tert-OH is 1. The second-order valence-corrected chi connectivity index (χ2v) is 5.03. The van der Waals surface area contributed by atoms with E-state index in [0.29, 0.717) is 6.42 Å². The van der Waals surface area contributed by atoms with Gasteiger partial charge in [-0.05, 0) is 20.8 Å². The van der Waals surface area contributed by atoms with Gasteiger partial charge in [0.05, 0.1) is 13.1 Å². The first-order valence-corrected chi connectivity index (χ1v) is 5.07. The highest BCUT2D eigenvalue weighted by molar-refractivity contribution is 5.69. The third-order valence-corrected chi connectivity index (χ3v) is 2.20. The quantitative estimate of drug-likeness (QED) is 0.700. The number of amides is 1. The van der Waals surface area contributed by atoms with Gasteiger partial charge in [0.15, 0.2) is 0 Å². The van der Waals surface area contributed by atoms with Crippen molar-refractivity contribution >= 4 is 6.09 Å². The van der Waals surface area contributed by atoms with Gasteiger partial charge in [0.2, 0.25) is 0 Å². The Balaban J connectivity index is 2.35. The lowest BCUT2D eigenvalue weighted by molar-refractivity contribution is -0.108. The third-order valence-electron chi connectivity index (χ3n) is 2.20. The summed E-state index contributed by atoms with van der Waals surface area (Å²) >= 11 is 0. The molecule has 0 aromatic rings. The Morgan fingerprint density at radius 2 is 2.00 bits per heavy atom. The summed E-state index contributed by atoms with van der Waals surface area (Å²) in [7, 11) is 0. The van der Waals surface area contributed by atoms with Crippen LogP contribution in [0.3, 0.4) is 0 Å². The lowest BCUT2D eigenvalue weighted by Crippen LogP contribution is -2.64. The monoisotopic (exact) mass is 217 g/mol. The Labute approximate surface area is 89.6 Å². The van der Waals surface area contributed by atoms with Crippen LogP contribution in [0.15, 0.2) is 0 Å². The van der Waals surface area contributed by atoms with Crippen LogP contribution in [-0.4, -0.2) is 52.1 Å². The van der Waals surface area contributed by atoms with E-state index in [1.165, 1.54) is 4.90 Å². The van der Waals surface area contributed by atoms with E-state index in [-0.39, 0.29) is 19.7 Å². The first-order valence-electron chi connectivity index (χ1n) is 5.07. The van der Waals surface area contributed by atoms with E-state index in [1.54, 1.807) is 20.8 Å². The molecular weight excluding hydrogens is 198 g/mol. The fraction of sp³-hybridized carbons (Fsp3) is 0.900. The van der Waals surface area contributed by atoms with Crippen molar-refractivity contribution in [3.8, 4) is 0 Å². The van der Waals surface area contributed by atoms with Gasteiger partial charge >= 0.3 is 6.09 Å². The fourth-order valence-corrected chi connectivity index (χ4v) is 1.49. The Morgan fingerprint density at radius 3 is 2.40 bits per heavy atom. The molecule has 1 amide bonds. The van der Waals surface area contributed by atoms with Crippen LogP contribution in [0.5, 0.6) is 0 Å². The molecule has 1 heterocycles. The third kappa shape index (κ3) is 3.35. The number of rotatable bonds is 2. The summed E-state index contributed by atoms with van der Waals surface area (Å²) in [5.41, 5.74) is -1.44. The number of β-amino-alcohol motifs (C(OH)–C–C–N with tert-alkyl or cyclic N) is 1. The van der Waals surface area contributed by atoms with E-state index < -0.39 is 17.3 Å². The Morgan fingerprint density at radius 1 is 1.47 bits per heavy atom. The Kier molecular flexibility index (Phi) is 3.25. The largest absolute Gasteiger partial charge is 0.444 e. The molecule has 0 bridgehead atoms. The van der Waals surface area contributed by atoms with Crippen molar-refractivity contribution in [1.82, 2.24) is 4.90 Å². The van der Waals surface area contributed by atoms with E-state index in [0.717, 1.165) is 0 Å². The summed E-state index contributed by atoms with van der Waals surface area (Å²) in [6.45, 7) is 5.80. The SMILES string of the molecule is CC(C)(C)OC(=O)N1CC(O)(CCO)C1. The predicted octanol–water partition coefficient (Wildman–Crippen LogP) is 0.351. The van der Waals surface area contributed by atoms with Crippen LogP contribution in [0.4, 0.5) is 4.79 Å². The van der Waals surface area contributed by atoms with Crippen LogP contribution in [0, 0.1) is 0 Å². The van der Waals surface area contributed by atoms with Crippen molar-refractivity contribution in [3.63, 3.8) is 0 Å². The predicted molar refractivity (Wildman–Crippen MR) is 54.5 cm³/mol. The first-order chi connectivity index (χ1) is 6.76. The van der Waals surface area contributed by atoms with Crippen molar-refractivity contribution in [1.29, 1.82) is 0 Å². The average Bonchev–Trinajstić information content (AvgIpc) is 1.96. The minimum Gasteiger partial charge on any atom is -0.444 e. The smallest absolute Gasteiger partial charge is 0.410 e. The number of hydrogen-bond donors (Lipinski definition) is 2. The summed E-state index contributed by atoms with van der Waals surface area (Å²) in [5.74, 6) is 0. The molecule has 0 aliphatic carbocycles. The molecule has 0 spiro atoms. The topological polar surface area (TPSA) is 70.0 Å². The van der Waals surface area contributed by atoms with E-state index in [4.69, 9.17) is 9.84 Å². The molecule has 0 aromatic carbocycles. The molecule has 0 atom stereocenters. The standard InChI is InChI=1S/C10H19NO4/c1-9(2,3)15-8(13)11-6-10(14,7-11)4-5-12/h12,14H,4-7H2,1-3H3.